The summed E-state index contributed by atoms with van der Waals surface area (Å²) in [6.07, 6.45) is 3.21. The number of aryl methyl sites for hydroxylation is 2. The smallest absolute Gasteiger partial charge is 0.268 e. The minimum Gasteiger partial charge on any atom is -0.268 e. The van der Waals surface area contributed by atoms with Crippen molar-refractivity contribution in [2.75, 3.05) is 0 Å². The molecule has 0 bridgehead atoms. The zero-order valence-corrected chi connectivity index (χ0v) is 15.8. The van der Waals surface area contributed by atoms with E-state index in [2.05, 4.69) is 25.3 Å². The molecule has 1 N–H and O–H groups in total. The number of fused-ring (bicyclic) bond motifs is 3. The second-order valence-electron chi connectivity index (χ2n) is 6.47. The minimum absolute atomic E-state index is 0.261. The van der Waals surface area contributed by atoms with Gasteiger partial charge in [0.05, 0.1) is 16.6 Å². The molecule has 5 aromatic rings. The van der Waals surface area contributed by atoms with Crippen LogP contribution in [0.4, 0.5) is 0 Å². The molecular formula is C19H14ClN7O. The first kappa shape index (κ1) is 16.6. The Labute approximate surface area is 163 Å². The lowest BCUT2D eigenvalue weighted by Crippen LogP contribution is -2.20. The van der Waals surface area contributed by atoms with Crippen molar-refractivity contribution in [3.63, 3.8) is 0 Å². The summed E-state index contributed by atoms with van der Waals surface area (Å²) in [7, 11) is 0. The largest absolute Gasteiger partial charge is 0.268 e. The average Bonchev–Trinajstić information content (AvgIpc) is 3.24. The second-order valence-corrected chi connectivity index (χ2v) is 6.91. The molecule has 0 aliphatic carbocycles. The highest BCUT2D eigenvalue weighted by molar-refractivity contribution is 6.30. The molecule has 4 heterocycles. The molecule has 8 nitrogen and oxygen atoms in total. The van der Waals surface area contributed by atoms with Gasteiger partial charge in [-0.1, -0.05) is 23.7 Å². The van der Waals surface area contributed by atoms with E-state index in [9.17, 15) is 4.79 Å². The van der Waals surface area contributed by atoms with E-state index in [0.29, 0.717) is 33.3 Å². The van der Waals surface area contributed by atoms with Crippen molar-refractivity contribution in [2.24, 2.45) is 0 Å². The van der Waals surface area contributed by atoms with Crippen molar-refractivity contribution in [2.45, 2.75) is 13.8 Å². The number of hydrogen-bond acceptors (Lipinski definition) is 5. The molecule has 4 aromatic heterocycles. The van der Waals surface area contributed by atoms with E-state index >= 15 is 0 Å². The van der Waals surface area contributed by atoms with Crippen LogP contribution in [0.1, 0.15) is 11.5 Å². The van der Waals surface area contributed by atoms with Gasteiger partial charge in [-0.25, -0.2) is 14.1 Å². The molecular weight excluding hydrogens is 378 g/mol. The summed E-state index contributed by atoms with van der Waals surface area (Å²) in [4.78, 5) is 21.7. The van der Waals surface area contributed by atoms with E-state index in [-0.39, 0.29) is 5.56 Å². The molecule has 28 heavy (non-hydrogen) atoms. The van der Waals surface area contributed by atoms with E-state index in [4.69, 9.17) is 11.6 Å². The summed E-state index contributed by atoms with van der Waals surface area (Å²) in [6, 6.07) is 9.36. The van der Waals surface area contributed by atoms with E-state index in [1.165, 1.54) is 4.57 Å². The Balaban J connectivity index is 1.79. The predicted octanol–water partition coefficient (Wildman–Crippen LogP) is 3.09. The molecule has 0 unspecified atom stereocenters. The lowest BCUT2D eigenvalue weighted by molar-refractivity contribution is 0.892. The molecule has 0 fully saturated rings. The molecule has 0 amide bonds. The Morgan fingerprint density at radius 2 is 2.04 bits per heavy atom. The number of pyridine rings is 1. The Hall–Kier alpha value is -3.52. The van der Waals surface area contributed by atoms with Crippen molar-refractivity contribution in [1.29, 1.82) is 0 Å². The van der Waals surface area contributed by atoms with Crippen LogP contribution in [0.2, 0.25) is 5.02 Å². The van der Waals surface area contributed by atoms with Crippen LogP contribution in [0.15, 0.2) is 47.5 Å². The highest BCUT2D eigenvalue weighted by Crippen LogP contribution is 2.30. The lowest BCUT2D eigenvalue weighted by Gasteiger charge is -2.05. The number of H-pyrrole nitrogens is 1. The first-order valence-corrected chi connectivity index (χ1v) is 8.96. The van der Waals surface area contributed by atoms with Crippen LogP contribution in [0.3, 0.4) is 0 Å². The molecule has 0 aliphatic heterocycles. The van der Waals surface area contributed by atoms with Gasteiger partial charge in [0, 0.05) is 23.0 Å². The van der Waals surface area contributed by atoms with Gasteiger partial charge in [-0.2, -0.15) is 10.1 Å². The highest BCUT2D eigenvalue weighted by Gasteiger charge is 2.17. The van der Waals surface area contributed by atoms with Crippen molar-refractivity contribution in [3.05, 3.63) is 69.6 Å². The van der Waals surface area contributed by atoms with Crippen LogP contribution in [0.25, 0.3) is 33.6 Å². The zero-order valence-electron chi connectivity index (χ0n) is 15.0. The van der Waals surface area contributed by atoms with Gasteiger partial charge in [0.1, 0.15) is 5.82 Å². The third-order valence-corrected chi connectivity index (χ3v) is 4.84. The van der Waals surface area contributed by atoms with Crippen LogP contribution in [-0.4, -0.2) is 34.3 Å². The monoisotopic (exact) mass is 391 g/mol. The number of benzene rings is 1. The van der Waals surface area contributed by atoms with E-state index in [1.807, 2.05) is 37.3 Å². The van der Waals surface area contributed by atoms with Crippen LogP contribution >= 0.6 is 11.6 Å². The maximum Gasteiger partial charge on any atom is 0.268 e. The standard InChI is InChI=1S/C19H14ClN7O/c1-10-16(12-4-3-5-13(20)8-12)17-21-9-14-15(27(17)25-10)6-7-26(18(14)28)19-22-11(2)23-24-19/h3-9H,1-2H3,(H,22,23,24). The molecule has 0 spiro atoms. The van der Waals surface area contributed by atoms with Crippen LogP contribution in [-0.2, 0) is 0 Å². The van der Waals surface area contributed by atoms with Crippen molar-refractivity contribution in [1.82, 2.24) is 34.3 Å². The van der Waals surface area contributed by atoms with Gasteiger partial charge in [-0.3, -0.25) is 9.89 Å². The summed E-state index contributed by atoms with van der Waals surface area (Å²) < 4.78 is 3.07. The Morgan fingerprint density at radius 3 is 2.79 bits per heavy atom. The summed E-state index contributed by atoms with van der Waals surface area (Å²) in [5.74, 6) is 0.921. The number of aromatic amines is 1. The summed E-state index contributed by atoms with van der Waals surface area (Å²) in [5, 5.41) is 12.5. The SMILES string of the molecule is Cc1nc(-n2ccc3c(cnc4c(-c5cccc(Cl)c5)c(C)nn43)c2=O)n[nH]1. The van der Waals surface area contributed by atoms with Crippen molar-refractivity contribution >= 4 is 28.2 Å². The van der Waals surface area contributed by atoms with E-state index in [1.54, 1.807) is 23.8 Å². The number of rotatable bonds is 2. The second kappa shape index (κ2) is 6.00. The van der Waals surface area contributed by atoms with Crippen LogP contribution in [0, 0.1) is 13.8 Å². The van der Waals surface area contributed by atoms with Gasteiger partial charge in [0.25, 0.3) is 11.5 Å². The first-order chi connectivity index (χ1) is 13.5. The molecule has 0 radical (unpaired) electrons. The highest BCUT2D eigenvalue weighted by atomic mass is 35.5. The fraction of sp³-hybridized carbons (Fsp3) is 0.105. The molecule has 0 aliphatic rings. The van der Waals surface area contributed by atoms with Gasteiger partial charge in [0.15, 0.2) is 5.65 Å². The van der Waals surface area contributed by atoms with Gasteiger partial charge in [0.2, 0.25) is 0 Å². The minimum atomic E-state index is -0.261. The van der Waals surface area contributed by atoms with Crippen LogP contribution < -0.4 is 5.56 Å². The lowest BCUT2D eigenvalue weighted by atomic mass is 10.1. The Morgan fingerprint density at radius 1 is 1.18 bits per heavy atom. The number of nitrogens with one attached hydrogen (secondary N) is 1. The van der Waals surface area contributed by atoms with Gasteiger partial charge in [-0.05, 0) is 37.6 Å². The van der Waals surface area contributed by atoms with E-state index in [0.717, 1.165) is 16.8 Å². The number of aromatic nitrogens is 7. The summed E-state index contributed by atoms with van der Waals surface area (Å²) in [6.45, 7) is 3.69. The number of nitrogens with zero attached hydrogens (tertiary/aromatic N) is 6. The Kier molecular flexibility index (Phi) is 3.56. The fourth-order valence-electron chi connectivity index (χ4n) is 3.35. The van der Waals surface area contributed by atoms with Gasteiger partial charge < -0.3 is 0 Å². The third kappa shape index (κ3) is 2.42. The molecule has 5 rings (SSSR count). The molecule has 1 aromatic carbocycles. The topological polar surface area (TPSA) is 93.8 Å². The number of hydrogen-bond donors (Lipinski definition) is 1. The Bertz CT molecular complexity index is 1430. The summed E-state index contributed by atoms with van der Waals surface area (Å²) >= 11 is 6.15. The maximum absolute atomic E-state index is 13.0. The maximum atomic E-state index is 13.0. The first-order valence-electron chi connectivity index (χ1n) is 8.58. The number of halogens is 1. The molecule has 9 heteroatoms. The third-order valence-electron chi connectivity index (χ3n) is 4.60. The van der Waals surface area contributed by atoms with Gasteiger partial charge >= 0.3 is 0 Å². The molecule has 0 atom stereocenters. The average molecular weight is 392 g/mol. The van der Waals surface area contributed by atoms with Crippen molar-refractivity contribution < 1.29 is 0 Å². The van der Waals surface area contributed by atoms with E-state index < -0.39 is 0 Å². The quantitative estimate of drug-likeness (QED) is 0.499. The van der Waals surface area contributed by atoms with Gasteiger partial charge in [-0.15, -0.1) is 5.10 Å². The zero-order chi connectivity index (χ0) is 19.4. The molecule has 0 saturated heterocycles. The summed E-state index contributed by atoms with van der Waals surface area (Å²) in [5.41, 5.74) is 3.68. The van der Waals surface area contributed by atoms with Crippen molar-refractivity contribution in [3.8, 4) is 17.1 Å². The molecule has 138 valence electrons. The van der Waals surface area contributed by atoms with Crippen LogP contribution in [0.5, 0.6) is 0 Å². The normalized spacial score (nSPS) is 11.5. The predicted molar refractivity (Wildman–Crippen MR) is 106 cm³/mol. The fourth-order valence-corrected chi connectivity index (χ4v) is 3.54. The molecule has 0 saturated carbocycles.